The number of hydrogen-bond donors (Lipinski definition) is 14. The Kier molecular flexibility index (Phi) is 21.6. The van der Waals surface area contributed by atoms with E-state index < -0.39 is 108 Å². The summed E-state index contributed by atoms with van der Waals surface area (Å²) in [4.78, 5) is 116. The quantitative estimate of drug-likeness (QED) is 0.0414. The van der Waals surface area contributed by atoms with Crippen molar-refractivity contribution in [1.29, 1.82) is 0 Å². The number of primary amides is 1. The molecule has 10 atom stereocenters. The van der Waals surface area contributed by atoms with Crippen molar-refractivity contribution in [1.82, 2.24) is 42.2 Å². The number of carbonyl (C=O) groups excluding carboxylic acids is 8. The van der Waals surface area contributed by atoms with Crippen LogP contribution in [0.4, 0.5) is 0 Å². The summed E-state index contributed by atoms with van der Waals surface area (Å²) in [6.45, 7) is 2.67. The average Bonchev–Trinajstić information content (AvgIpc) is 3.81. The number of aromatic nitrogens is 1. The highest BCUT2D eigenvalue weighted by Gasteiger charge is 2.37. The first-order chi connectivity index (χ1) is 36.8. The van der Waals surface area contributed by atoms with Gasteiger partial charge in [0.1, 0.15) is 48.0 Å². The van der Waals surface area contributed by atoms with Crippen LogP contribution in [-0.4, -0.2) is 146 Å². The SMILES string of the molecule is C[C@@H](O)[C@H](NC(=O)[C@@H]1CSSC[C@H](NC(=O)[C@H](N)Cc2ccc3ccccc3c2)C(=O)N[C@@H](Cc2ccc(O)cc2)C(=O)N[C@H](Cc2c[nH]c3ccccc23)C(=O)N[C@@H](CCCCN)C(=O)N[C@@H]([C@@H](C)O)C(=O)N1)C(N)=O. The van der Waals surface area contributed by atoms with E-state index in [0.717, 1.165) is 48.8 Å². The van der Waals surface area contributed by atoms with Gasteiger partial charge in [-0.3, -0.25) is 38.4 Å². The molecule has 6 rings (SSSR count). The van der Waals surface area contributed by atoms with Crippen molar-refractivity contribution in [3.05, 3.63) is 114 Å². The van der Waals surface area contributed by atoms with Crippen LogP contribution in [0.3, 0.4) is 0 Å². The second kappa shape index (κ2) is 28.2. The number of fused-ring (bicyclic) bond motifs is 2. The number of rotatable bonds is 17. The fourth-order valence-corrected chi connectivity index (χ4v) is 10.9. The lowest BCUT2D eigenvalue weighted by atomic mass is 10.0. The molecule has 1 aliphatic heterocycles. The van der Waals surface area contributed by atoms with Gasteiger partial charge in [-0.05, 0) is 91.7 Å². The van der Waals surface area contributed by atoms with Gasteiger partial charge in [-0.15, -0.1) is 0 Å². The molecule has 1 fully saturated rings. The van der Waals surface area contributed by atoms with Crippen molar-refractivity contribution < 1.29 is 53.7 Å². The fraction of sp³-hybridized carbons (Fsp3) is 0.396. The van der Waals surface area contributed by atoms with E-state index >= 15 is 0 Å². The molecule has 1 aliphatic rings. The number of hydrogen-bond acceptors (Lipinski definition) is 15. The van der Waals surface area contributed by atoms with Gasteiger partial charge in [-0.1, -0.05) is 94.4 Å². The zero-order chi connectivity index (χ0) is 55.8. The van der Waals surface area contributed by atoms with Gasteiger partial charge in [0.15, 0.2) is 0 Å². The molecule has 0 saturated carbocycles. The van der Waals surface area contributed by atoms with Gasteiger partial charge in [-0.25, -0.2) is 0 Å². The highest BCUT2D eigenvalue weighted by atomic mass is 33.1. The first kappa shape index (κ1) is 59.0. The monoisotopic (exact) mass is 1100 g/mol. The molecule has 0 bridgehead atoms. The number of phenolic OH excluding ortho intramolecular Hbond substituents is 1. The van der Waals surface area contributed by atoms with Crippen LogP contribution >= 0.6 is 21.6 Å². The number of nitrogens with two attached hydrogens (primary N) is 3. The fourth-order valence-electron chi connectivity index (χ4n) is 8.58. The van der Waals surface area contributed by atoms with E-state index in [4.69, 9.17) is 17.2 Å². The molecule has 0 unspecified atom stereocenters. The maximum atomic E-state index is 14.8. The molecule has 24 heteroatoms. The molecule has 1 aromatic heterocycles. The first-order valence-electron chi connectivity index (χ1n) is 25.1. The minimum atomic E-state index is -1.73. The van der Waals surface area contributed by atoms with Crippen molar-refractivity contribution in [2.75, 3.05) is 18.1 Å². The van der Waals surface area contributed by atoms with Gasteiger partial charge in [0.25, 0.3) is 0 Å². The van der Waals surface area contributed by atoms with E-state index in [0.29, 0.717) is 24.0 Å². The first-order valence-corrected chi connectivity index (χ1v) is 27.6. The molecule has 5 aromatic rings. The summed E-state index contributed by atoms with van der Waals surface area (Å²) in [6.07, 6.45) is -0.877. The Balaban J connectivity index is 1.39. The van der Waals surface area contributed by atoms with Crippen LogP contribution in [0.25, 0.3) is 21.7 Å². The lowest BCUT2D eigenvalue weighted by Gasteiger charge is -2.29. The van der Waals surface area contributed by atoms with Crippen LogP contribution in [0.2, 0.25) is 0 Å². The molecule has 2 heterocycles. The molecule has 0 aliphatic carbocycles. The molecule has 0 radical (unpaired) electrons. The van der Waals surface area contributed by atoms with Crippen molar-refractivity contribution in [3.8, 4) is 5.75 Å². The highest BCUT2D eigenvalue weighted by Crippen LogP contribution is 2.25. The standard InChI is InChI=1S/C53H67N11O11S2/c1-28(65)44(46(56)68)63-52(74)43-27-77-76-26-42(61-47(69)37(55)22-31-14-17-32-9-3-4-10-33(32)21-31)51(73)59-40(23-30-15-18-35(67)19-16-30)49(71)60-41(24-34-25-57-38-12-6-5-11-36(34)38)50(72)58-39(13-7-8-20-54)48(70)64-45(29(2)66)53(75)62-43/h3-6,9-12,14-19,21,25,28-29,37,39-45,57,65-67H,7-8,13,20,22-24,26-27,54-55H2,1-2H3,(H2,56,68)(H,58,72)(H,59,73)(H,60,71)(H,61,69)(H,62,75)(H,63,74)(H,64,70)/t28-,29-,37-,39+,40+,41-,42+,43+,44+,45+/m1/s1. The topological polar surface area (TPSA) is 375 Å². The molecule has 17 N–H and O–H groups in total. The molecule has 412 valence electrons. The zero-order valence-electron chi connectivity index (χ0n) is 42.5. The number of phenols is 1. The van der Waals surface area contributed by atoms with Gasteiger partial charge in [0.05, 0.1) is 18.2 Å². The van der Waals surface area contributed by atoms with Crippen molar-refractivity contribution in [3.63, 3.8) is 0 Å². The summed E-state index contributed by atoms with van der Waals surface area (Å²) in [5.41, 5.74) is 20.3. The van der Waals surface area contributed by atoms with Gasteiger partial charge in [-0.2, -0.15) is 0 Å². The summed E-state index contributed by atoms with van der Waals surface area (Å²) in [5.74, 6) is -7.89. The Morgan fingerprint density at radius 3 is 2.03 bits per heavy atom. The number of unbranched alkanes of at least 4 members (excludes halogenated alkanes) is 1. The number of aromatic hydroxyl groups is 1. The number of carbonyl (C=O) groups is 8. The lowest BCUT2D eigenvalue weighted by molar-refractivity contribution is -0.137. The minimum absolute atomic E-state index is 0.0119. The number of benzene rings is 4. The number of H-pyrrole nitrogens is 1. The Morgan fingerprint density at radius 2 is 1.34 bits per heavy atom. The molecular weight excluding hydrogens is 1030 g/mol. The number of aliphatic hydroxyl groups excluding tert-OH is 2. The molecule has 4 aromatic carbocycles. The molecule has 77 heavy (non-hydrogen) atoms. The molecule has 0 spiro atoms. The Hall–Kier alpha value is -7.22. The van der Waals surface area contributed by atoms with Gasteiger partial charge in [0, 0.05) is 41.4 Å². The van der Waals surface area contributed by atoms with Gasteiger partial charge >= 0.3 is 0 Å². The normalized spacial score (nSPS) is 22.0. The van der Waals surface area contributed by atoms with Crippen LogP contribution in [0, 0.1) is 0 Å². The Labute approximate surface area is 452 Å². The van der Waals surface area contributed by atoms with E-state index in [2.05, 4.69) is 42.2 Å². The van der Waals surface area contributed by atoms with Crippen LogP contribution < -0.4 is 54.4 Å². The second-order valence-electron chi connectivity index (χ2n) is 18.9. The lowest BCUT2D eigenvalue weighted by Crippen LogP contribution is -2.62. The number of aliphatic hydroxyl groups is 2. The number of amides is 8. The molecule has 22 nitrogen and oxygen atoms in total. The largest absolute Gasteiger partial charge is 0.508 e. The third kappa shape index (κ3) is 16.9. The summed E-state index contributed by atoms with van der Waals surface area (Å²) < 4.78 is 0. The number of para-hydroxylation sites is 1. The van der Waals surface area contributed by atoms with Crippen LogP contribution in [0.15, 0.2) is 97.2 Å². The van der Waals surface area contributed by atoms with Crippen molar-refractivity contribution in [2.24, 2.45) is 17.2 Å². The molecular formula is C53H67N11O11S2. The summed E-state index contributed by atoms with van der Waals surface area (Å²) in [6, 6.07) is 14.7. The highest BCUT2D eigenvalue weighted by molar-refractivity contribution is 8.76. The minimum Gasteiger partial charge on any atom is -0.508 e. The Bertz CT molecular complexity index is 2890. The summed E-state index contributed by atoms with van der Waals surface area (Å²) in [5, 5.41) is 52.3. The zero-order valence-corrected chi connectivity index (χ0v) is 44.2. The number of nitrogens with one attached hydrogen (secondary N) is 8. The van der Waals surface area contributed by atoms with E-state index in [1.165, 1.54) is 26.0 Å². The van der Waals surface area contributed by atoms with Gasteiger partial charge < -0.3 is 74.7 Å². The third-order valence-electron chi connectivity index (χ3n) is 12.9. The van der Waals surface area contributed by atoms with E-state index in [1.807, 2.05) is 60.7 Å². The van der Waals surface area contributed by atoms with Crippen LogP contribution in [-0.2, 0) is 57.6 Å². The maximum absolute atomic E-state index is 14.8. The Morgan fingerprint density at radius 1 is 0.714 bits per heavy atom. The molecule has 1 saturated heterocycles. The van der Waals surface area contributed by atoms with Crippen LogP contribution in [0.5, 0.6) is 5.75 Å². The van der Waals surface area contributed by atoms with E-state index in [9.17, 15) is 53.7 Å². The van der Waals surface area contributed by atoms with Crippen molar-refractivity contribution >= 4 is 90.5 Å². The third-order valence-corrected chi connectivity index (χ3v) is 15.3. The predicted molar refractivity (Wildman–Crippen MR) is 293 cm³/mol. The summed E-state index contributed by atoms with van der Waals surface area (Å²) >= 11 is 0. The van der Waals surface area contributed by atoms with Crippen molar-refractivity contribution in [2.45, 2.75) is 113 Å². The van der Waals surface area contributed by atoms with E-state index in [1.54, 1.807) is 24.4 Å². The molecule has 8 amide bonds. The van der Waals surface area contributed by atoms with Gasteiger partial charge in [0.2, 0.25) is 47.3 Å². The number of aromatic amines is 1. The maximum Gasteiger partial charge on any atom is 0.245 e. The smallest absolute Gasteiger partial charge is 0.245 e. The van der Waals surface area contributed by atoms with E-state index in [-0.39, 0.29) is 49.5 Å². The average molecular weight is 1100 g/mol. The summed E-state index contributed by atoms with van der Waals surface area (Å²) in [7, 11) is 1.92. The predicted octanol–water partition coefficient (Wildman–Crippen LogP) is -0.454. The van der Waals surface area contributed by atoms with Crippen LogP contribution in [0.1, 0.15) is 49.8 Å². The second-order valence-corrected chi connectivity index (χ2v) is 21.5.